The molecule has 1 N–H and O–H groups in total. The van der Waals surface area contributed by atoms with E-state index < -0.39 is 6.04 Å². The molecule has 1 atom stereocenters. The molecule has 3 aromatic rings. The van der Waals surface area contributed by atoms with E-state index in [1.54, 1.807) is 17.0 Å². The average Bonchev–Trinajstić information content (AvgIpc) is 2.83. The van der Waals surface area contributed by atoms with Crippen LogP contribution in [-0.4, -0.2) is 52.6 Å². The van der Waals surface area contributed by atoms with Crippen molar-refractivity contribution in [3.8, 4) is 0 Å². The molecule has 2 aromatic carbocycles. The number of rotatable bonds is 10. The van der Waals surface area contributed by atoms with Crippen LogP contribution < -0.4 is 10.2 Å². The fourth-order valence-corrected chi connectivity index (χ4v) is 4.79. The Labute approximate surface area is 222 Å². The molecule has 9 heteroatoms. The first-order valence-electron chi connectivity index (χ1n) is 12.1. The Balaban J connectivity index is 1.85. The van der Waals surface area contributed by atoms with Crippen molar-refractivity contribution in [2.45, 2.75) is 45.4 Å². The van der Waals surface area contributed by atoms with E-state index in [2.05, 4.69) is 15.3 Å². The lowest BCUT2D eigenvalue weighted by atomic mass is 10.00. The molecule has 0 fully saturated rings. The van der Waals surface area contributed by atoms with Gasteiger partial charge in [-0.15, -0.1) is 0 Å². The summed E-state index contributed by atoms with van der Waals surface area (Å²) >= 11 is 1.24. The van der Waals surface area contributed by atoms with Crippen LogP contribution in [0.2, 0.25) is 0 Å². The van der Waals surface area contributed by atoms with Crippen LogP contribution in [0.3, 0.4) is 0 Å². The van der Waals surface area contributed by atoms with E-state index in [-0.39, 0.29) is 35.8 Å². The molecule has 0 aliphatic heterocycles. The summed E-state index contributed by atoms with van der Waals surface area (Å²) in [5.41, 5.74) is 4.04. The molecule has 0 aliphatic rings. The number of thioether (sulfide) groups is 1. The van der Waals surface area contributed by atoms with Crippen molar-refractivity contribution >= 4 is 35.0 Å². The molecule has 0 saturated heterocycles. The Morgan fingerprint density at radius 3 is 2.11 bits per heavy atom. The summed E-state index contributed by atoms with van der Waals surface area (Å²) in [6.07, 6.45) is 0. The van der Waals surface area contributed by atoms with Crippen LogP contribution in [0.4, 0.5) is 15.8 Å². The molecule has 0 saturated carbocycles. The third kappa shape index (κ3) is 8.01. The SMILES string of the molecule is Cc1cc(C)nc(SCC(=O)N(Cc2ccc(F)cc2)C(C(=O)Nc2ccc(N(C)C)cc2)C(C)C)n1. The lowest BCUT2D eigenvalue weighted by Gasteiger charge is -2.33. The number of benzene rings is 2. The van der Waals surface area contributed by atoms with Gasteiger partial charge in [-0.05, 0) is 67.8 Å². The Kier molecular flexibility index (Phi) is 9.63. The van der Waals surface area contributed by atoms with Crippen LogP contribution in [0.1, 0.15) is 30.8 Å². The topological polar surface area (TPSA) is 78.4 Å². The lowest BCUT2D eigenvalue weighted by Crippen LogP contribution is -2.50. The Morgan fingerprint density at radius 2 is 1.57 bits per heavy atom. The Bertz CT molecular complexity index is 1200. The smallest absolute Gasteiger partial charge is 0.247 e. The summed E-state index contributed by atoms with van der Waals surface area (Å²) < 4.78 is 13.5. The highest BCUT2D eigenvalue weighted by atomic mass is 32.2. The zero-order valence-electron chi connectivity index (χ0n) is 22.2. The van der Waals surface area contributed by atoms with Crippen molar-refractivity contribution in [3.63, 3.8) is 0 Å². The summed E-state index contributed by atoms with van der Waals surface area (Å²) in [7, 11) is 3.89. The first-order chi connectivity index (χ1) is 17.5. The molecule has 0 bridgehead atoms. The molecule has 0 radical (unpaired) electrons. The van der Waals surface area contributed by atoms with Gasteiger partial charge in [-0.2, -0.15) is 0 Å². The minimum atomic E-state index is -0.744. The van der Waals surface area contributed by atoms with Gasteiger partial charge in [0, 0.05) is 43.4 Å². The van der Waals surface area contributed by atoms with E-state index in [1.165, 1.54) is 23.9 Å². The molecule has 0 aliphatic carbocycles. The molecule has 1 aromatic heterocycles. The standard InChI is InChI=1S/C28H34FN5O2S/c1-18(2)26(27(36)32-23-11-13-24(14-12-23)33(5)6)34(16-21-7-9-22(29)10-8-21)25(35)17-37-28-30-19(3)15-20(4)31-28/h7-15,18,26H,16-17H2,1-6H3,(H,32,36). The van der Waals surface area contributed by atoms with Crippen LogP contribution in [0.15, 0.2) is 59.8 Å². The van der Waals surface area contributed by atoms with Gasteiger partial charge in [-0.3, -0.25) is 9.59 Å². The minimum Gasteiger partial charge on any atom is -0.378 e. The molecule has 1 unspecified atom stereocenters. The highest BCUT2D eigenvalue weighted by Gasteiger charge is 2.33. The average molecular weight is 524 g/mol. The number of hydrogen-bond acceptors (Lipinski definition) is 6. The molecule has 37 heavy (non-hydrogen) atoms. The van der Waals surface area contributed by atoms with Crippen LogP contribution in [0.25, 0.3) is 0 Å². The molecule has 3 rings (SSSR count). The molecule has 7 nitrogen and oxygen atoms in total. The van der Waals surface area contributed by atoms with Gasteiger partial charge in [0.15, 0.2) is 5.16 Å². The van der Waals surface area contributed by atoms with Gasteiger partial charge in [0.2, 0.25) is 11.8 Å². The van der Waals surface area contributed by atoms with Crippen LogP contribution >= 0.6 is 11.8 Å². The summed E-state index contributed by atoms with van der Waals surface area (Å²) in [5, 5.41) is 3.48. The largest absolute Gasteiger partial charge is 0.378 e. The molecule has 2 amide bonds. The van der Waals surface area contributed by atoms with E-state index in [9.17, 15) is 14.0 Å². The number of aromatic nitrogens is 2. The van der Waals surface area contributed by atoms with E-state index in [0.29, 0.717) is 10.8 Å². The number of halogens is 1. The second kappa shape index (κ2) is 12.7. The summed E-state index contributed by atoms with van der Waals surface area (Å²) in [6, 6.07) is 14.6. The number of carbonyl (C=O) groups excluding carboxylic acids is 2. The number of aryl methyl sites for hydroxylation is 2. The number of amides is 2. The molecular formula is C28H34FN5O2S. The predicted octanol–water partition coefficient (Wildman–Crippen LogP) is 5.08. The lowest BCUT2D eigenvalue weighted by molar-refractivity contribution is -0.138. The third-order valence-electron chi connectivity index (χ3n) is 5.76. The molecule has 196 valence electrons. The van der Waals surface area contributed by atoms with E-state index >= 15 is 0 Å². The van der Waals surface area contributed by atoms with Gasteiger partial charge in [0.05, 0.1) is 5.75 Å². The van der Waals surface area contributed by atoms with Gasteiger partial charge in [0.25, 0.3) is 0 Å². The number of anilines is 2. The second-order valence-corrected chi connectivity index (χ2v) is 10.4. The third-order valence-corrected chi connectivity index (χ3v) is 6.59. The first kappa shape index (κ1) is 28.1. The second-order valence-electron chi connectivity index (χ2n) is 9.49. The van der Waals surface area contributed by atoms with E-state index in [1.807, 2.05) is 77.0 Å². The van der Waals surface area contributed by atoms with Crippen LogP contribution in [0, 0.1) is 25.6 Å². The maximum atomic E-state index is 13.6. The van der Waals surface area contributed by atoms with Crippen molar-refractivity contribution < 1.29 is 14.0 Å². The van der Waals surface area contributed by atoms with Crippen molar-refractivity contribution in [1.29, 1.82) is 0 Å². The van der Waals surface area contributed by atoms with Crippen molar-refractivity contribution in [2.75, 3.05) is 30.1 Å². The Morgan fingerprint density at radius 1 is 0.973 bits per heavy atom. The summed E-state index contributed by atoms with van der Waals surface area (Å²) in [4.78, 5) is 39.4. The first-order valence-corrected chi connectivity index (χ1v) is 13.1. The van der Waals surface area contributed by atoms with Gasteiger partial charge in [-0.1, -0.05) is 37.7 Å². The van der Waals surface area contributed by atoms with Gasteiger partial charge in [0.1, 0.15) is 11.9 Å². The number of carbonyl (C=O) groups is 2. The summed E-state index contributed by atoms with van der Waals surface area (Å²) in [5.74, 6) is -0.973. The normalized spacial score (nSPS) is 11.8. The van der Waals surface area contributed by atoms with E-state index in [0.717, 1.165) is 22.6 Å². The zero-order chi connectivity index (χ0) is 27.1. The fourth-order valence-electron chi connectivity index (χ4n) is 3.96. The number of nitrogens with one attached hydrogen (secondary N) is 1. The highest BCUT2D eigenvalue weighted by Crippen LogP contribution is 2.23. The highest BCUT2D eigenvalue weighted by molar-refractivity contribution is 7.99. The van der Waals surface area contributed by atoms with Crippen LogP contribution in [0.5, 0.6) is 0 Å². The van der Waals surface area contributed by atoms with Crippen molar-refractivity contribution in [1.82, 2.24) is 14.9 Å². The molecule has 1 heterocycles. The maximum Gasteiger partial charge on any atom is 0.247 e. The zero-order valence-corrected chi connectivity index (χ0v) is 23.0. The summed E-state index contributed by atoms with van der Waals surface area (Å²) in [6.45, 7) is 7.75. The predicted molar refractivity (Wildman–Crippen MR) is 147 cm³/mol. The van der Waals surface area contributed by atoms with Crippen molar-refractivity contribution in [2.24, 2.45) is 5.92 Å². The fraction of sp³-hybridized carbons (Fsp3) is 0.357. The monoisotopic (exact) mass is 523 g/mol. The van der Waals surface area contributed by atoms with Gasteiger partial charge >= 0.3 is 0 Å². The quantitative estimate of drug-likeness (QED) is 0.295. The molecule has 0 spiro atoms. The Hall–Kier alpha value is -3.46. The molecular weight excluding hydrogens is 489 g/mol. The number of hydrogen-bond donors (Lipinski definition) is 1. The van der Waals surface area contributed by atoms with Crippen molar-refractivity contribution in [3.05, 3.63) is 77.4 Å². The van der Waals surface area contributed by atoms with Gasteiger partial charge in [-0.25, -0.2) is 14.4 Å². The minimum absolute atomic E-state index is 0.0676. The number of nitrogens with zero attached hydrogens (tertiary/aromatic N) is 4. The van der Waals surface area contributed by atoms with Gasteiger partial charge < -0.3 is 15.1 Å². The van der Waals surface area contributed by atoms with Crippen LogP contribution in [-0.2, 0) is 16.1 Å². The maximum absolute atomic E-state index is 13.6. The van der Waals surface area contributed by atoms with E-state index in [4.69, 9.17) is 0 Å².